The van der Waals surface area contributed by atoms with Crippen LogP contribution in [0.15, 0.2) is 29.3 Å². The second kappa shape index (κ2) is 8.23. The third kappa shape index (κ3) is 4.87. The fourth-order valence-corrected chi connectivity index (χ4v) is 3.38. The van der Waals surface area contributed by atoms with E-state index in [0.717, 1.165) is 56.2 Å². The highest BCUT2D eigenvalue weighted by molar-refractivity contribution is 5.89. The lowest BCUT2D eigenvalue weighted by Crippen LogP contribution is -2.42. The van der Waals surface area contributed by atoms with Gasteiger partial charge in [0, 0.05) is 31.9 Å². The molecule has 0 radical (unpaired) electrons. The standard InChI is InChI=1S/C19H29N5O/c1-15-7-11-23(12-8-15)18(20)21-14-16-5-4-6-17(13-16)22-19(25)24-9-2-3-10-24/h4-6,13,15H,2-3,7-12,14H2,1H3,(H2,20,21)(H,22,25). The van der Waals surface area contributed by atoms with Crippen molar-refractivity contribution in [3.8, 4) is 0 Å². The zero-order valence-electron chi connectivity index (χ0n) is 15.1. The SMILES string of the molecule is CC1CCN(C(N)=NCc2cccc(NC(=O)N3CCCC3)c2)CC1. The average Bonchev–Trinajstić information content (AvgIpc) is 3.15. The van der Waals surface area contributed by atoms with Crippen molar-refractivity contribution in [2.75, 3.05) is 31.5 Å². The maximum Gasteiger partial charge on any atom is 0.321 e. The summed E-state index contributed by atoms with van der Waals surface area (Å²) >= 11 is 0. The van der Waals surface area contributed by atoms with E-state index < -0.39 is 0 Å². The Morgan fingerprint density at radius 3 is 2.64 bits per heavy atom. The summed E-state index contributed by atoms with van der Waals surface area (Å²) in [6.07, 6.45) is 4.54. The fourth-order valence-electron chi connectivity index (χ4n) is 3.38. The van der Waals surface area contributed by atoms with Crippen LogP contribution in [0.3, 0.4) is 0 Å². The molecule has 6 heteroatoms. The Kier molecular flexibility index (Phi) is 5.79. The lowest BCUT2D eigenvalue weighted by molar-refractivity contribution is 0.222. The number of benzene rings is 1. The summed E-state index contributed by atoms with van der Waals surface area (Å²) < 4.78 is 0. The zero-order valence-corrected chi connectivity index (χ0v) is 15.1. The van der Waals surface area contributed by atoms with Gasteiger partial charge in [-0.3, -0.25) is 0 Å². The number of nitrogens with two attached hydrogens (primary N) is 1. The smallest absolute Gasteiger partial charge is 0.321 e. The van der Waals surface area contributed by atoms with E-state index in [-0.39, 0.29) is 6.03 Å². The van der Waals surface area contributed by atoms with E-state index in [9.17, 15) is 4.79 Å². The van der Waals surface area contributed by atoms with Crippen LogP contribution in [0.2, 0.25) is 0 Å². The molecule has 0 spiro atoms. The number of hydrogen-bond donors (Lipinski definition) is 2. The van der Waals surface area contributed by atoms with Crippen LogP contribution in [-0.4, -0.2) is 48.0 Å². The lowest BCUT2D eigenvalue weighted by Gasteiger charge is -2.31. The van der Waals surface area contributed by atoms with Crippen molar-refractivity contribution < 1.29 is 4.79 Å². The molecule has 2 aliphatic rings. The summed E-state index contributed by atoms with van der Waals surface area (Å²) in [7, 11) is 0. The van der Waals surface area contributed by atoms with Crippen molar-refractivity contribution in [3.63, 3.8) is 0 Å². The van der Waals surface area contributed by atoms with Crippen LogP contribution >= 0.6 is 0 Å². The van der Waals surface area contributed by atoms with Crippen LogP contribution in [0.1, 0.15) is 38.2 Å². The Balaban J connectivity index is 1.55. The fraction of sp³-hybridized carbons (Fsp3) is 0.579. The summed E-state index contributed by atoms with van der Waals surface area (Å²) in [4.78, 5) is 20.8. The number of aliphatic imine (C=N–C) groups is 1. The van der Waals surface area contributed by atoms with Crippen LogP contribution in [0.4, 0.5) is 10.5 Å². The van der Waals surface area contributed by atoms with E-state index >= 15 is 0 Å². The lowest BCUT2D eigenvalue weighted by atomic mass is 10.00. The number of piperidine rings is 1. The number of carbonyl (C=O) groups is 1. The molecule has 0 unspecified atom stereocenters. The predicted molar refractivity (Wildman–Crippen MR) is 102 cm³/mol. The molecule has 0 aromatic heterocycles. The molecule has 0 atom stereocenters. The summed E-state index contributed by atoms with van der Waals surface area (Å²) in [5, 5.41) is 2.98. The first-order valence-corrected chi connectivity index (χ1v) is 9.31. The van der Waals surface area contributed by atoms with Gasteiger partial charge in [0.25, 0.3) is 0 Å². The minimum absolute atomic E-state index is 0.0138. The van der Waals surface area contributed by atoms with Crippen molar-refractivity contribution in [2.24, 2.45) is 16.6 Å². The molecule has 3 rings (SSSR count). The van der Waals surface area contributed by atoms with Gasteiger partial charge in [-0.1, -0.05) is 19.1 Å². The number of nitrogens with one attached hydrogen (secondary N) is 1. The Morgan fingerprint density at radius 2 is 1.92 bits per heavy atom. The molecule has 2 fully saturated rings. The molecule has 0 bridgehead atoms. The number of nitrogens with zero attached hydrogens (tertiary/aromatic N) is 3. The van der Waals surface area contributed by atoms with Crippen molar-refractivity contribution in [3.05, 3.63) is 29.8 Å². The van der Waals surface area contributed by atoms with Crippen LogP contribution < -0.4 is 11.1 Å². The Hall–Kier alpha value is -2.24. The summed E-state index contributed by atoms with van der Waals surface area (Å²) in [5.74, 6) is 1.40. The second-order valence-corrected chi connectivity index (χ2v) is 7.17. The summed E-state index contributed by atoms with van der Waals surface area (Å²) in [6.45, 7) is 6.49. The summed E-state index contributed by atoms with van der Waals surface area (Å²) in [6, 6.07) is 7.84. The number of hydrogen-bond acceptors (Lipinski definition) is 2. The molecule has 6 nitrogen and oxygen atoms in total. The second-order valence-electron chi connectivity index (χ2n) is 7.17. The number of carbonyl (C=O) groups excluding carboxylic acids is 1. The molecule has 3 N–H and O–H groups in total. The first kappa shape index (κ1) is 17.6. The molecule has 25 heavy (non-hydrogen) atoms. The normalized spacial score (nSPS) is 19.3. The molecular formula is C19H29N5O. The van der Waals surface area contributed by atoms with E-state index in [0.29, 0.717) is 12.5 Å². The molecule has 2 saturated heterocycles. The Labute approximate surface area is 150 Å². The van der Waals surface area contributed by atoms with E-state index in [4.69, 9.17) is 5.73 Å². The highest BCUT2D eigenvalue weighted by Crippen LogP contribution is 2.17. The zero-order chi connectivity index (χ0) is 17.6. The molecule has 0 aliphatic carbocycles. The monoisotopic (exact) mass is 343 g/mol. The maximum atomic E-state index is 12.2. The van der Waals surface area contributed by atoms with Crippen LogP contribution in [-0.2, 0) is 6.54 Å². The Bertz CT molecular complexity index is 616. The molecule has 2 amide bonds. The van der Waals surface area contributed by atoms with Gasteiger partial charge >= 0.3 is 6.03 Å². The number of guanidine groups is 1. The highest BCUT2D eigenvalue weighted by atomic mass is 16.2. The van der Waals surface area contributed by atoms with Gasteiger partial charge in [0.05, 0.1) is 6.54 Å². The minimum atomic E-state index is -0.0138. The third-order valence-corrected chi connectivity index (χ3v) is 5.10. The topological polar surface area (TPSA) is 74.0 Å². The number of amides is 2. The van der Waals surface area contributed by atoms with Crippen molar-refractivity contribution in [1.29, 1.82) is 0 Å². The van der Waals surface area contributed by atoms with Crippen molar-refractivity contribution >= 4 is 17.7 Å². The van der Waals surface area contributed by atoms with Gasteiger partial charge < -0.3 is 20.9 Å². The maximum absolute atomic E-state index is 12.2. The number of rotatable bonds is 3. The minimum Gasteiger partial charge on any atom is -0.370 e. The van der Waals surface area contributed by atoms with Crippen molar-refractivity contribution in [1.82, 2.24) is 9.80 Å². The molecule has 0 saturated carbocycles. The number of urea groups is 1. The molecule has 2 heterocycles. The van der Waals surface area contributed by atoms with Gasteiger partial charge in [-0.05, 0) is 49.3 Å². The molecular weight excluding hydrogens is 314 g/mol. The number of anilines is 1. The first-order valence-electron chi connectivity index (χ1n) is 9.31. The van der Waals surface area contributed by atoms with Gasteiger partial charge in [0.2, 0.25) is 0 Å². The highest BCUT2D eigenvalue weighted by Gasteiger charge is 2.18. The average molecular weight is 343 g/mol. The van der Waals surface area contributed by atoms with Crippen LogP contribution in [0.5, 0.6) is 0 Å². The van der Waals surface area contributed by atoms with Crippen LogP contribution in [0, 0.1) is 5.92 Å². The summed E-state index contributed by atoms with van der Waals surface area (Å²) in [5.41, 5.74) is 8.01. The van der Waals surface area contributed by atoms with Crippen molar-refractivity contribution in [2.45, 2.75) is 39.2 Å². The quantitative estimate of drug-likeness (QED) is 0.655. The largest absolute Gasteiger partial charge is 0.370 e. The Morgan fingerprint density at radius 1 is 1.20 bits per heavy atom. The third-order valence-electron chi connectivity index (χ3n) is 5.10. The first-order chi connectivity index (χ1) is 12.1. The number of likely N-dealkylation sites (tertiary alicyclic amines) is 2. The molecule has 1 aromatic rings. The predicted octanol–water partition coefficient (Wildman–Crippen LogP) is 2.86. The van der Waals surface area contributed by atoms with Gasteiger partial charge in [0.1, 0.15) is 0 Å². The molecule has 136 valence electrons. The molecule has 1 aromatic carbocycles. The van der Waals surface area contributed by atoms with Gasteiger partial charge in [-0.15, -0.1) is 0 Å². The van der Waals surface area contributed by atoms with Gasteiger partial charge in [-0.25, -0.2) is 9.79 Å². The molecule has 2 aliphatic heterocycles. The van der Waals surface area contributed by atoms with Gasteiger partial charge in [0.15, 0.2) is 5.96 Å². The van der Waals surface area contributed by atoms with E-state index in [1.165, 1.54) is 12.8 Å². The van der Waals surface area contributed by atoms with Gasteiger partial charge in [-0.2, -0.15) is 0 Å². The van der Waals surface area contributed by atoms with Crippen LogP contribution in [0.25, 0.3) is 0 Å². The van der Waals surface area contributed by atoms with E-state index in [2.05, 4.69) is 22.1 Å². The van der Waals surface area contributed by atoms with E-state index in [1.807, 2.05) is 29.2 Å². The van der Waals surface area contributed by atoms with E-state index in [1.54, 1.807) is 0 Å².